The molecule has 6 nitrogen and oxygen atoms in total. The Bertz CT molecular complexity index is 1030. The number of phenols is 1. The first-order chi connectivity index (χ1) is 16.2. The minimum Gasteiger partial charge on any atom is -0.508 e. The molecule has 2 aromatic carbocycles. The van der Waals surface area contributed by atoms with E-state index in [-0.39, 0.29) is 24.9 Å². The molecule has 0 saturated carbocycles. The highest BCUT2D eigenvalue weighted by Crippen LogP contribution is 2.14. The van der Waals surface area contributed by atoms with Gasteiger partial charge in [0.05, 0.1) is 7.11 Å². The van der Waals surface area contributed by atoms with Crippen LogP contribution in [0.3, 0.4) is 0 Å². The number of benzene rings is 2. The number of carbonyl (C=O) groups is 2. The van der Waals surface area contributed by atoms with Crippen molar-refractivity contribution in [2.24, 2.45) is 0 Å². The van der Waals surface area contributed by atoms with Crippen LogP contribution in [-0.2, 0) is 19.1 Å². The molecule has 0 aliphatic rings. The van der Waals surface area contributed by atoms with Crippen LogP contribution in [0.1, 0.15) is 31.9 Å². The van der Waals surface area contributed by atoms with E-state index in [1.54, 1.807) is 25.1 Å². The molecule has 0 radical (unpaired) electrons. The van der Waals surface area contributed by atoms with Crippen LogP contribution in [0, 0.1) is 0 Å². The van der Waals surface area contributed by atoms with Gasteiger partial charge >= 0.3 is 11.9 Å². The molecular formula is C28H32O6. The first-order valence-electron chi connectivity index (χ1n) is 10.6. The van der Waals surface area contributed by atoms with Gasteiger partial charge in [0, 0.05) is 5.57 Å². The first-order valence-corrected chi connectivity index (χ1v) is 10.6. The molecule has 0 amide bonds. The maximum absolute atomic E-state index is 11.6. The Kier molecular flexibility index (Phi) is 12.9. The third kappa shape index (κ3) is 12.7. The molecular weight excluding hydrogens is 432 g/mol. The van der Waals surface area contributed by atoms with Crippen molar-refractivity contribution >= 4 is 24.1 Å². The molecule has 34 heavy (non-hydrogen) atoms. The lowest BCUT2D eigenvalue weighted by Gasteiger charge is -2.06. The lowest BCUT2D eigenvalue weighted by atomic mass is 10.2. The normalized spacial score (nSPS) is 10.2. The third-order valence-electron chi connectivity index (χ3n) is 4.07. The van der Waals surface area contributed by atoms with E-state index in [1.807, 2.05) is 74.6 Å². The molecule has 1 N–H and O–H groups in total. The van der Waals surface area contributed by atoms with E-state index in [0.29, 0.717) is 11.3 Å². The van der Waals surface area contributed by atoms with Gasteiger partial charge in [0.25, 0.3) is 0 Å². The SMILES string of the molecule is C=C(C)C(=O)OC.CC(C)=CCOC(=O)COc1ccc(C=CC=Cc2cccc(O)c2)cc1. The van der Waals surface area contributed by atoms with Crippen molar-refractivity contribution in [1.29, 1.82) is 0 Å². The number of carbonyl (C=O) groups excluding carboxylic acids is 2. The summed E-state index contributed by atoms with van der Waals surface area (Å²) in [6.07, 6.45) is 9.53. The van der Waals surface area contributed by atoms with Gasteiger partial charge in [-0.25, -0.2) is 9.59 Å². The van der Waals surface area contributed by atoms with Gasteiger partial charge in [-0.15, -0.1) is 0 Å². The smallest absolute Gasteiger partial charge is 0.344 e. The molecule has 0 bridgehead atoms. The Morgan fingerprint density at radius 2 is 1.62 bits per heavy atom. The summed E-state index contributed by atoms with van der Waals surface area (Å²) in [6, 6.07) is 14.5. The Balaban J connectivity index is 0.000000718. The maximum Gasteiger partial charge on any atom is 0.344 e. The topological polar surface area (TPSA) is 82.1 Å². The highest BCUT2D eigenvalue weighted by Gasteiger charge is 2.03. The molecule has 0 atom stereocenters. The fraction of sp³-hybridized carbons (Fsp3) is 0.214. The van der Waals surface area contributed by atoms with Crippen LogP contribution in [0.5, 0.6) is 11.5 Å². The lowest BCUT2D eigenvalue weighted by molar-refractivity contribution is -0.144. The summed E-state index contributed by atoms with van der Waals surface area (Å²) < 4.78 is 14.7. The molecule has 6 heteroatoms. The van der Waals surface area contributed by atoms with E-state index in [4.69, 9.17) is 9.47 Å². The molecule has 0 aliphatic heterocycles. The highest BCUT2D eigenvalue weighted by molar-refractivity contribution is 5.86. The predicted molar refractivity (Wildman–Crippen MR) is 135 cm³/mol. The Hall–Kier alpha value is -4.06. The fourth-order valence-corrected chi connectivity index (χ4v) is 2.30. The first kappa shape index (κ1) is 28.0. The number of allylic oxidation sites excluding steroid dienone is 3. The summed E-state index contributed by atoms with van der Waals surface area (Å²) in [5.74, 6) is 0.118. The van der Waals surface area contributed by atoms with Gasteiger partial charge in [0.1, 0.15) is 18.1 Å². The zero-order valence-corrected chi connectivity index (χ0v) is 20.1. The summed E-state index contributed by atoms with van der Waals surface area (Å²) in [6.45, 7) is 9.00. The average molecular weight is 465 g/mol. The molecule has 0 aliphatic carbocycles. The number of aromatic hydroxyl groups is 1. The van der Waals surface area contributed by atoms with Crippen molar-refractivity contribution in [3.8, 4) is 11.5 Å². The average Bonchev–Trinajstić information content (AvgIpc) is 2.81. The molecule has 2 rings (SSSR count). The predicted octanol–water partition coefficient (Wildman–Crippen LogP) is 5.74. The standard InChI is InChI=1S/C23H24O4.C5H8O2/c1-18(2)14-15-26-23(25)17-27-22-12-10-19(11-13-22)6-3-4-7-20-8-5-9-21(24)16-20;1-4(2)5(6)7-3/h3-14,16,24H,15,17H2,1-2H3;1H2,2-3H3. The van der Waals surface area contributed by atoms with Crippen molar-refractivity contribution in [2.45, 2.75) is 20.8 Å². The monoisotopic (exact) mass is 464 g/mol. The van der Waals surface area contributed by atoms with Gasteiger partial charge < -0.3 is 19.3 Å². The minimum atomic E-state index is -0.395. The van der Waals surface area contributed by atoms with Gasteiger partial charge in [-0.3, -0.25) is 0 Å². The summed E-state index contributed by atoms with van der Waals surface area (Å²) in [5.41, 5.74) is 3.47. The van der Waals surface area contributed by atoms with Crippen molar-refractivity contribution in [2.75, 3.05) is 20.3 Å². The Morgan fingerprint density at radius 3 is 2.15 bits per heavy atom. The lowest BCUT2D eigenvalue weighted by Crippen LogP contribution is -2.14. The largest absolute Gasteiger partial charge is 0.508 e. The number of rotatable bonds is 9. The van der Waals surface area contributed by atoms with E-state index < -0.39 is 5.97 Å². The molecule has 0 unspecified atom stereocenters. The minimum absolute atomic E-state index is 0.113. The number of esters is 2. The fourth-order valence-electron chi connectivity index (χ4n) is 2.30. The number of ether oxygens (including phenoxy) is 3. The van der Waals surface area contributed by atoms with E-state index in [2.05, 4.69) is 11.3 Å². The van der Waals surface area contributed by atoms with E-state index in [9.17, 15) is 14.7 Å². The van der Waals surface area contributed by atoms with E-state index in [1.165, 1.54) is 7.11 Å². The molecule has 0 heterocycles. The quantitative estimate of drug-likeness (QED) is 0.220. The summed E-state index contributed by atoms with van der Waals surface area (Å²) in [5, 5.41) is 9.42. The highest BCUT2D eigenvalue weighted by atomic mass is 16.6. The summed E-state index contributed by atoms with van der Waals surface area (Å²) in [7, 11) is 1.33. The second kappa shape index (κ2) is 15.7. The van der Waals surface area contributed by atoms with Crippen molar-refractivity contribution in [3.63, 3.8) is 0 Å². The molecule has 0 aromatic heterocycles. The molecule has 0 spiro atoms. The van der Waals surface area contributed by atoms with Crippen LogP contribution in [0.25, 0.3) is 12.2 Å². The van der Waals surface area contributed by atoms with E-state index in [0.717, 1.165) is 16.7 Å². The Labute approximate surface area is 201 Å². The maximum atomic E-state index is 11.6. The van der Waals surface area contributed by atoms with Gasteiger partial charge in [-0.1, -0.05) is 60.7 Å². The van der Waals surface area contributed by atoms with Crippen molar-refractivity contribution in [1.82, 2.24) is 0 Å². The van der Waals surface area contributed by atoms with Gasteiger partial charge in [-0.2, -0.15) is 0 Å². The summed E-state index contributed by atoms with van der Waals surface area (Å²) >= 11 is 0. The zero-order chi connectivity index (χ0) is 25.3. The van der Waals surface area contributed by atoms with Crippen molar-refractivity contribution < 1.29 is 28.9 Å². The van der Waals surface area contributed by atoms with Crippen LogP contribution < -0.4 is 4.74 Å². The molecule has 0 saturated heterocycles. The van der Waals surface area contributed by atoms with E-state index >= 15 is 0 Å². The summed E-state index contributed by atoms with van der Waals surface area (Å²) in [4.78, 5) is 21.8. The molecule has 2 aromatic rings. The number of hydrogen-bond donors (Lipinski definition) is 1. The molecule has 0 fully saturated rings. The van der Waals surface area contributed by atoms with Gasteiger partial charge in [0.15, 0.2) is 6.61 Å². The van der Waals surface area contributed by atoms with Gasteiger partial charge in [0.2, 0.25) is 0 Å². The molecule has 180 valence electrons. The number of hydrogen-bond acceptors (Lipinski definition) is 6. The van der Waals surface area contributed by atoms with Crippen LogP contribution in [0.4, 0.5) is 0 Å². The van der Waals surface area contributed by atoms with Crippen LogP contribution in [0.2, 0.25) is 0 Å². The zero-order valence-electron chi connectivity index (χ0n) is 20.1. The third-order valence-corrected chi connectivity index (χ3v) is 4.07. The van der Waals surface area contributed by atoms with Crippen LogP contribution in [0.15, 0.2) is 84.5 Å². The second-order valence-corrected chi connectivity index (χ2v) is 7.41. The van der Waals surface area contributed by atoms with Gasteiger partial charge in [-0.05, 0) is 62.2 Å². The number of methoxy groups -OCH3 is 1. The second-order valence-electron chi connectivity index (χ2n) is 7.41. The Morgan fingerprint density at radius 1 is 0.971 bits per heavy atom. The van der Waals surface area contributed by atoms with Crippen LogP contribution >= 0.6 is 0 Å². The number of phenolic OH excluding ortho intramolecular Hbond substituents is 1. The van der Waals surface area contributed by atoms with Crippen LogP contribution in [-0.4, -0.2) is 37.4 Å². The van der Waals surface area contributed by atoms with Crippen molar-refractivity contribution in [3.05, 3.63) is 95.6 Å².